The van der Waals surface area contributed by atoms with Crippen LogP contribution < -0.4 is 4.72 Å². The summed E-state index contributed by atoms with van der Waals surface area (Å²) in [6, 6.07) is 10.5. The molecule has 0 aromatic heterocycles. The first-order valence-electron chi connectivity index (χ1n) is 8.03. The largest absolute Gasteiger partial charge is 0.465 e. The SMILES string of the molecule is CCOC(=O)C(Cc1ccccc1)NS(=O)(=O)c1ccc(C(F)(F)F)cc1. The number of alkyl halides is 3. The summed E-state index contributed by atoms with van der Waals surface area (Å²) in [4.78, 5) is 11.8. The maximum absolute atomic E-state index is 12.6. The maximum atomic E-state index is 12.6. The first-order chi connectivity index (χ1) is 12.6. The van der Waals surface area contributed by atoms with E-state index in [4.69, 9.17) is 4.74 Å². The van der Waals surface area contributed by atoms with Crippen molar-refractivity contribution < 1.29 is 31.1 Å². The van der Waals surface area contributed by atoms with Crippen molar-refractivity contribution in [3.05, 3.63) is 65.7 Å². The van der Waals surface area contributed by atoms with Crippen LogP contribution >= 0.6 is 0 Å². The molecule has 146 valence electrons. The minimum absolute atomic E-state index is 0.0412. The second kappa shape index (κ2) is 8.53. The zero-order valence-electron chi connectivity index (χ0n) is 14.4. The van der Waals surface area contributed by atoms with Gasteiger partial charge in [0.25, 0.3) is 0 Å². The van der Waals surface area contributed by atoms with E-state index >= 15 is 0 Å². The first kappa shape index (κ1) is 20.9. The van der Waals surface area contributed by atoms with Gasteiger partial charge in [-0.3, -0.25) is 4.79 Å². The van der Waals surface area contributed by atoms with Gasteiger partial charge >= 0.3 is 12.1 Å². The van der Waals surface area contributed by atoms with Crippen molar-refractivity contribution in [1.29, 1.82) is 0 Å². The van der Waals surface area contributed by atoms with Gasteiger partial charge in [0.1, 0.15) is 6.04 Å². The van der Waals surface area contributed by atoms with E-state index in [9.17, 15) is 26.4 Å². The minimum atomic E-state index is -4.57. The van der Waals surface area contributed by atoms with Gasteiger partial charge in [-0.25, -0.2) is 8.42 Å². The summed E-state index contributed by atoms with van der Waals surface area (Å²) in [5.74, 6) is -0.767. The van der Waals surface area contributed by atoms with Gasteiger partial charge in [-0.05, 0) is 43.2 Å². The zero-order chi connectivity index (χ0) is 20.1. The van der Waals surface area contributed by atoms with Gasteiger partial charge in [0.2, 0.25) is 10.0 Å². The molecule has 0 saturated carbocycles. The van der Waals surface area contributed by atoms with Gasteiger partial charge in [0.15, 0.2) is 0 Å². The average molecular weight is 401 g/mol. The molecule has 2 aromatic rings. The molecule has 0 fully saturated rings. The fraction of sp³-hybridized carbons (Fsp3) is 0.278. The van der Waals surface area contributed by atoms with E-state index in [-0.39, 0.29) is 17.9 Å². The summed E-state index contributed by atoms with van der Waals surface area (Å²) < 4.78 is 70.0. The van der Waals surface area contributed by atoms with Gasteiger partial charge in [-0.2, -0.15) is 17.9 Å². The molecule has 0 amide bonds. The molecular formula is C18H18F3NO4S. The van der Waals surface area contributed by atoms with Gasteiger partial charge in [-0.15, -0.1) is 0 Å². The fourth-order valence-corrected chi connectivity index (χ4v) is 3.53. The number of sulfonamides is 1. The topological polar surface area (TPSA) is 72.5 Å². The molecule has 0 spiro atoms. The Kier molecular flexibility index (Phi) is 6.61. The van der Waals surface area contributed by atoms with Crippen molar-refractivity contribution >= 4 is 16.0 Å². The molecule has 0 saturated heterocycles. The van der Waals surface area contributed by atoms with Crippen LogP contribution in [0.3, 0.4) is 0 Å². The molecule has 1 N–H and O–H groups in total. The summed E-state index contributed by atoms with van der Waals surface area (Å²) in [6.45, 7) is 1.65. The summed E-state index contributed by atoms with van der Waals surface area (Å²) in [5.41, 5.74) is -0.265. The average Bonchev–Trinajstić information content (AvgIpc) is 2.61. The van der Waals surface area contributed by atoms with Gasteiger partial charge in [0.05, 0.1) is 17.1 Å². The molecule has 0 aliphatic carbocycles. The van der Waals surface area contributed by atoms with Crippen LogP contribution in [0.2, 0.25) is 0 Å². The predicted octanol–water partition coefficient (Wildman–Crippen LogP) is 3.16. The number of benzene rings is 2. The summed E-state index contributed by atoms with van der Waals surface area (Å²) in [6.07, 6.45) is -4.53. The van der Waals surface area contributed by atoms with Crippen LogP contribution in [-0.2, 0) is 32.2 Å². The van der Waals surface area contributed by atoms with Gasteiger partial charge in [0, 0.05) is 0 Å². The molecule has 5 nitrogen and oxygen atoms in total. The molecule has 0 aliphatic heterocycles. The summed E-state index contributed by atoms with van der Waals surface area (Å²) >= 11 is 0. The lowest BCUT2D eigenvalue weighted by Crippen LogP contribution is -2.43. The Labute approximate surface area is 155 Å². The summed E-state index contributed by atoms with van der Waals surface area (Å²) in [7, 11) is -4.22. The lowest BCUT2D eigenvalue weighted by atomic mass is 10.1. The van der Waals surface area contributed by atoms with E-state index in [1.807, 2.05) is 0 Å². The van der Waals surface area contributed by atoms with Crippen LogP contribution in [0.5, 0.6) is 0 Å². The fourth-order valence-electron chi connectivity index (χ4n) is 2.34. The molecule has 2 aromatic carbocycles. The number of ether oxygens (including phenoxy) is 1. The number of halogens is 3. The van der Waals surface area contributed by atoms with Crippen molar-refractivity contribution in [2.24, 2.45) is 0 Å². The molecular weight excluding hydrogens is 383 g/mol. The minimum Gasteiger partial charge on any atom is -0.465 e. The lowest BCUT2D eigenvalue weighted by Gasteiger charge is -2.18. The van der Waals surface area contributed by atoms with Crippen LogP contribution in [0.15, 0.2) is 59.5 Å². The Morgan fingerprint density at radius 1 is 1.07 bits per heavy atom. The van der Waals surface area contributed by atoms with Crippen LogP contribution in [-0.4, -0.2) is 27.0 Å². The van der Waals surface area contributed by atoms with Crippen molar-refractivity contribution in [2.75, 3.05) is 6.61 Å². The van der Waals surface area contributed by atoms with Gasteiger partial charge in [-0.1, -0.05) is 30.3 Å². The van der Waals surface area contributed by atoms with Crippen LogP contribution in [0.1, 0.15) is 18.1 Å². The molecule has 0 aliphatic rings. The van der Waals surface area contributed by atoms with Crippen LogP contribution in [0.4, 0.5) is 13.2 Å². The van der Waals surface area contributed by atoms with E-state index in [1.165, 1.54) is 0 Å². The third-order valence-corrected chi connectivity index (χ3v) is 5.13. The van der Waals surface area contributed by atoms with Crippen molar-refractivity contribution in [3.63, 3.8) is 0 Å². The van der Waals surface area contributed by atoms with E-state index < -0.39 is 33.8 Å². The highest BCUT2D eigenvalue weighted by molar-refractivity contribution is 7.89. The van der Waals surface area contributed by atoms with Crippen molar-refractivity contribution in [3.8, 4) is 0 Å². The first-order valence-corrected chi connectivity index (χ1v) is 9.52. The number of rotatable bonds is 7. The molecule has 1 atom stereocenters. The Bertz CT molecular complexity index is 866. The number of hydrogen-bond acceptors (Lipinski definition) is 4. The Balaban J connectivity index is 2.25. The second-order valence-corrected chi connectivity index (χ2v) is 7.35. The second-order valence-electron chi connectivity index (χ2n) is 5.64. The highest BCUT2D eigenvalue weighted by Crippen LogP contribution is 2.29. The third-order valence-electron chi connectivity index (χ3n) is 3.64. The third kappa shape index (κ3) is 5.80. The Morgan fingerprint density at radius 3 is 2.19 bits per heavy atom. The highest BCUT2D eigenvalue weighted by Gasteiger charge is 2.31. The number of carbonyl (C=O) groups excluding carboxylic acids is 1. The van der Waals surface area contributed by atoms with E-state index in [0.717, 1.165) is 12.1 Å². The molecule has 0 bridgehead atoms. The highest BCUT2D eigenvalue weighted by atomic mass is 32.2. The normalized spacial score (nSPS) is 13.2. The molecule has 27 heavy (non-hydrogen) atoms. The van der Waals surface area contributed by atoms with Gasteiger partial charge < -0.3 is 4.74 Å². The number of carbonyl (C=O) groups is 1. The van der Waals surface area contributed by atoms with E-state index in [1.54, 1.807) is 37.3 Å². The summed E-state index contributed by atoms with van der Waals surface area (Å²) in [5, 5.41) is 0. The molecule has 2 rings (SSSR count). The predicted molar refractivity (Wildman–Crippen MR) is 92.3 cm³/mol. The standard InChI is InChI=1S/C18H18F3NO4S/c1-2-26-17(23)16(12-13-6-4-3-5-7-13)22-27(24,25)15-10-8-14(9-11-15)18(19,20)21/h3-11,16,22H,2,12H2,1H3. The lowest BCUT2D eigenvalue weighted by molar-refractivity contribution is -0.145. The molecule has 0 radical (unpaired) electrons. The molecule has 1 unspecified atom stereocenters. The zero-order valence-corrected chi connectivity index (χ0v) is 15.2. The smallest absolute Gasteiger partial charge is 0.416 e. The van der Waals surface area contributed by atoms with Crippen molar-refractivity contribution in [1.82, 2.24) is 4.72 Å². The monoisotopic (exact) mass is 401 g/mol. The molecule has 9 heteroatoms. The van der Waals surface area contributed by atoms with E-state index in [2.05, 4.69) is 4.72 Å². The van der Waals surface area contributed by atoms with Crippen LogP contribution in [0, 0.1) is 0 Å². The van der Waals surface area contributed by atoms with E-state index in [0.29, 0.717) is 17.7 Å². The Morgan fingerprint density at radius 2 is 1.67 bits per heavy atom. The quantitative estimate of drug-likeness (QED) is 0.724. The molecule has 0 heterocycles. The van der Waals surface area contributed by atoms with Crippen molar-refractivity contribution in [2.45, 2.75) is 30.5 Å². The maximum Gasteiger partial charge on any atom is 0.416 e. The number of esters is 1. The number of nitrogens with one attached hydrogen (secondary N) is 1. The van der Waals surface area contributed by atoms with Crippen LogP contribution in [0.25, 0.3) is 0 Å². The number of hydrogen-bond donors (Lipinski definition) is 1. The Hall–Kier alpha value is -2.39.